The van der Waals surface area contributed by atoms with E-state index in [2.05, 4.69) is 20.8 Å². The largest absolute Gasteiger partial charge is 0.356 e. The predicted octanol–water partition coefficient (Wildman–Crippen LogP) is 1.67. The van der Waals surface area contributed by atoms with Crippen molar-refractivity contribution in [1.29, 1.82) is 0 Å². The lowest BCUT2D eigenvalue weighted by molar-refractivity contribution is -0.139. The summed E-state index contributed by atoms with van der Waals surface area (Å²) in [6.07, 6.45) is 4.29. The zero-order valence-electron chi connectivity index (χ0n) is 17.1. The van der Waals surface area contributed by atoms with E-state index in [0.29, 0.717) is 31.3 Å². The molecule has 1 saturated heterocycles. The lowest BCUT2D eigenvalue weighted by Gasteiger charge is -2.34. The molecule has 2 aromatic rings. The lowest BCUT2D eigenvalue weighted by atomic mass is 9.95. The van der Waals surface area contributed by atoms with Crippen LogP contribution < -0.4 is 5.32 Å². The second-order valence-corrected chi connectivity index (χ2v) is 8.33. The maximum absolute atomic E-state index is 13.5. The van der Waals surface area contributed by atoms with Crippen LogP contribution in [-0.4, -0.2) is 56.6 Å². The van der Waals surface area contributed by atoms with Gasteiger partial charge in [-0.15, -0.1) is 5.10 Å². The third kappa shape index (κ3) is 4.83. The molecule has 0 radical (unpaired) electrons. The van der Waals surface area contributed by atoms with Crippen LogP contribution in [0, 0.1) is 24.6 Å². The Labute approximate surface area is 174 Å². The Kier molecular flexibility index (Phi) is 6.06. The van der Waals surface area contributed by atoms with Crippen molar-refractivity contribution in [3.05, 3.63) is 41.5 Å². The van der Waals surface area contributed by atoms with E-state index in [1.165, 1.54) is 29.7 Å². The Hall–Kier alpha value is -2.84. The van der Waals surface area contributed by atoms with E-state index in [0.717, 1.165) is 24.9 Å². The number of tetrazole rings is 1. The Balaban J connectivity index is 1.48. The Morgan fingerprint density at radius 3 is 2.67 bits per heavy atom. The quantitative estimate of drug-likeness (QED) is 0.744. The maximum Gasteiger partial charge on any atom is 0.247 e. The summed E-state index contributed by atoms with van der Waals surface area (Å²) in [5, 5.41) is 14.6. The molecule has 2 heterocycles. The van der Waals surface area contributed by atoms with E-state index in [9.17, 15) is 14.0 Å². The summed E-state index contributed by atoms with van der Waals surface area (Å²) in [6.45, 7) is 3.48. The number of aromatic nitrogens is 4. The van der Waals surface area contributed by atoms with E-state index in [-0.39, 0.29) is 23.5 Å². The molecule has 4 rings (SSSR count). The molecule has 1 aromatic carbocycles. The van der Waals surface area contributed by atoms with Crippen LogP contribution in [0.5, 0.6) is 0 Å². The molecule has 1 aliphatic heterocycles. The zero-order chi connectivity index (χ0) is 21.1. The van der Waals surface area contributed by atoms with Crippen molar-refractivity contribution in [2.24, 2.45) is 11.8 Å². The smallest absolute Gasteiger partial charge is 0.247 e. The first-order valence-corrected chi connectivity index (χ1v) is 10.6. The Bertz CT molecular complexity index is 895. The van der Waals surface area contributed by atoms with Crippen molar-refractivity contribution >= 4 is 11.8 Å². The van der Waals surface area contributed by atoms with Crippen molar-refractivity contribution in [3.8, 4) is 0 Å². The van der Waals surface area contributed by atoms with Crippen molar-refractivity contribution in [1.82, 2.24) is 30.4 Å². The van der Waals surface area contributed by atoms with Gasteiger partial charge in [0.05, 0.1) is 5.92 Å². The van der Waals surface area contributed by atoms with Gasteiger partial charge in [-0.3, -0.25) is 9.59 Å². The number of nitrogens with one attached hydrogen (secondary N) is 1. The normalized spacial score (nSPS) is 20.1. The van der Waals surface area contributed by atoms with Crippen molar-refractivity contribution in [2.45, 2.75) is 45.1 Å². The number of aryl methyl sites for hydroxylation is 1. The molecule has 0 spiro atoms. The third-order valence-electron chi connectivity index (χ3n) is 5.95. The highest BCUT2D eigenvalue weighted by Crippen LogP contribution is 2.28. The van der Waals surface area contributed by atoms with Crippen molar-refractivity contribution < 1.29 is 14.0 Å². The standard InChI is InChI=1S/C21H27FN6O2/c1-14-24-25-26-28(14)19(11-15-6-8-18(22)9-7-15)21(30)27-10-2-3-17(13-27)20(29)23-12-16-4-5-16/h6-9,16-17,19H,2-5,10-13H2,1H3,(H,23,29). The molecule has 9 heteroatoms. The van der Waals surface area contributed by atoms with E-state index in [1.54, 1.807) is 24.0 Å². The number of hydrogen-bond acceptors (Lipinski definition) is 5. The van der Waals surface area contributed by atoms with Gasteiger partial charge in [-0.1, -0.05) is 12.1 Å². The number of carbonyl (C=O) groups excluding carboxylic acids is 2. The second-order valence-electron chi connectivity index (χ2n) is 8.33. The van der Waals surface area contributed by atoms with Crippen LogP contribution in [0.15, 0.2) is 24.3 Å². The minimum absolute atomic E-state index is 0.0353. The van der Waals surface area contributed by atoms with Crippen LogP contribution in [0.25, 0.3) is 0 Å². The number of carbonyl (C=O) groups is 2. The monoisotopic (exact) mass is 414 g/mol. The second kappa shape index (κ2) is 8.89. The molecule has 8 nitrogen and oxygen atoms in total. The summed E-state index contributed by atoms with van der Waals surface area (Å²) in [4.78, 5) is 27.8. The van der Waals surface area contributed by atoms with E-state index in [4.69, 9.17) is 0 Å². The van der Waals surface area contributed by atoms with Gasteiger partial charge in [0.1, 0.15) is 17.7 Å². The first-order valence-electron chi connectivity index (χ1n) is 10.6. The first-order chi connectivity index (χ1) is 14.5. The molecule has 2 aliphatic rings. The van der Waals surface area contributed by atoms with Crippen LogP contribution >= 0.6 is 0 Å². The van der Waals surface area contributed by atoms with Crippen molar-refractivity contribution in [2.75, 3.05) is 19.6 Å². The highest BCUT2D eigenvalue weighted by Gasteiger charge is 2.34. The highest BCUT2D eigenvalue weighted by atomic mass is 19.1. The molecule has 30 heavy (non-hydrogen) atoms. The SMILES string of the molecule is Cc1nnnn1C(Cc1ccc(F)cc1)C(=O)N1CCCC(C(=O)NCC2CC2)C1. The van der Waals surface area contributed by atoms with Gasteiger partial charge < -0.3 is 10.2 Å². The highest BCUT2D eigenvalue weighted by molar-refractivity contribution is 5.83. The van der Waals surface area contributed by atoms with Crippen LogP contribution in [-0.2, 0) is 16.0 Å². The number of nitrogens with zero attached hydrogens (tertiary/aromatic N) is 5. The third-order valence-corrected chi connectivity index (χ3v) is 5.95. The average Bonchev–Trinajstić information content (AvgIpc) is 3.50. The van der Waals surface area contributed by atoms with Crippen LogP contribution in [0.4, 0.5) is 4.39 Å². The number of amides is 2. The predicted molar refractivity (Wildman–Crippen MR) is 107 cm³/mol. The molecule has 2 atom stereocenters. The fourth-order valence-electron chi connectivity index (χ4n) is 3.96. The molecule has 2 fully saturated rings. The number of halogens is 1. The Morgan fingerprint density at radius 1 is 1.23 bits per heavy atom. The van der Waals surface area contributed by atoms with Gasteiger partial charge in [-0.25, -0.2) is 9.07 Å². The van der Waals surface area contributed by atoms with Crippen molar-refractivity contribution in [3.63, 3.8) is 0 Å². The van der Waals surface area contributed by atoms with Crippen LogP contribution in [0.1, 0.15) is 43.1 Å². The first kappa shape index (κ1) is 20.4. The summed E-state index contributed by atoms with van der Waals surface area (Å²) >= 11 is 0. The van der Waals surface area contributed by atoms with Gasteiger partial charge >= 0.3 is 0 Å². The summed E-state index contributed by atoms with van der Waals surface area (Å²) < 4.78 is 14.8. The number of piperidine rings is 1. The summed E-state index contributed by atoms with van der Waals surface area (Å²) in [5.74, 6) is 0.561. The van der Waals surface area contributed by atoms with Crippen LogP contribution in [0.3, 0.4) is 0 Å². The minimum Gasteiger partial charge on any atom is -0.356 e. The molecule has 1 aliphatic carbocycles. The number of benzene rings is 1. The fraction of sp³-hybridized carbons (Fsp3) is 0.571. The van der Waals surface area contributed by atoms with Gasteiger partial charge in [0, 0.05) is 26.1 Å². The summed E-state index contributed by atoms with van der Waals surface area (Å²) in [6, 6.07) is 5.45. The van der Waals surface area contributed by atoms with Gasteiger partial charge in [0.15, 0.2) is 0 Å². The Morgan fingerprint density at radius 2 is 2.00 bits per heavy atom. The molecule has 2 amide bonds. The number of likely N-dealkylation sites (tertiary alicyclic amines) is 1. The molecular formula is C21H27FN6O2. The molecule has 160 valence electrons. The lowest BCUT2D eigenvalue weighted by Crippen LogP contribution is -2.48. The average molecular weight is 414 g/mol. The molecular weight excluding hydrogens is 387 g/mol. The fourth-order valence-corrected chi connectivity index (χ4v) is 3.96. The molecule has 1 aromatic heterocycles. The van der Waals surface area contributed by atoms with Gasteiger partial charge in [-0.2, -0.15) is 0 Å². The molecule has 0 bridgehead atoms. The molecule has 2 unspecified atom stereocenters. The van der Waals surface area contributed by atoms with Crippen LogP contribution in [0.2, 0.25) is 0 Å². The molecule has 1 N–H and O–H groups in total. The maximum atomic E-state index is 13.5. The van der Waals surface area contributed by atoms with Gasteiger partial charge in [0.2, 0.25) is 11.8 Å². The number of hydrogen-bond donors (Lipinski definition) is 1. The van der Waals surface area contributed by atoms with E-state index >= 15 is 0 Å². The molecule has 1 saturated carbocycles. The van der Waals surface area contributed by atoms with E-state index < -0.39 is 6.04 Å². The minimum atomic E-state index is -0.640. The number of rotatable bonds is 7. The zero-order valence-corrected chi connectivity index (χ0v) is 17.1. The van der Waals surface area contributed by atoms with Gasteiger partial charge in [-0.05, 0) is 66.6 Å². The summed E-state index contributed by atoms with van der Waals surface area (Å²) in [7, 11) is 0. The van der Waals surface area contributed by atoms with Gasteiger partial charge in [0.25, 0.3) is 0 Å². The van der Waals surface area contributed by atoms with E-state index in [1.807, 2.05) is 0 Å². The topological polar surface area (TPSA) is 93.0 Å². The summed E-state index contributed by atoms with van der Waals surface area (Å²) in [5.41, 5.74) is 0.820.